The van der Waals surface area contributed by atoms with Crippen molar-refractivity contribution in [1.82, 2.24) is 4.31 Å². The summed E-state index contributed by atoms with van der Waals surface area (Å²) in [4.78, 5) is 0.384. The highest BCUT2D eigenvalue weighted by Crippen LogP contribution is 2.34. The lowest BCUT2D eigenvalue weighted by molar-refractivity contribution is 0.0820. The molecule has 0 unspecified atom stereocenters. The van der Waals surface area contributed by atoms with E-state index in [0.717, 1.165) is 43.2 Å². The van der Waals surface area contributed by atoms with E-state index >= 15 is 0 Å². The standard InChI is InChI=1S/C23H31NO3S/c1-3-4-10-21-13-14-22(18-27-17-20-8-6-5-7-9-20)24(21)28(25,26)23-15-11-19(2)12-16-23/h5-9,11-12,15-16,21-22H,3-4,10,13-14,17-18H2,1-2H3/t21-,22+/m1/s1. The van der Waals surface area contributed by atoms with Gasteiger partial charge in [-0.1, -0.05) is 67.8 Å². The second-order valence-electron chi connectivity index (χ2n) is 7.68. The molecule has 0 aliphatic carbocycles. The molecule has 0 N–H and O–H groups in total. The van der Waals surface area contributed by atoms with Gasteiger partial charge in [0.05, 0.1) is 18.1 Å². The van der Waals surface area contributed by atoms with Crippen LogP contribution in [0.15, 0.2) is 59.5 Å². The highest BCUT2D eigenvalue weighted by Gasteiger charge is 2.41. The number of sulfonamides is 1. The molecule has 0 radical (unpaired) electrons. The predicted octanol–water partition coefficient (Wildman–Crippen LogP) is 4.92. The maximum absolute atomic E-state index is 13.4. The van der Waals surface area contributed by atoms with E-state index in [4.69, 9.17) is 4.74 Å². The molecule has 0 spiro atoms. The third-order valence-corrected chi connectivity index (χ3v) is 7.48. The van der Waals surface area contributed by atoms with E-state index in [1.54, 1.807) is 16.4 Å². The number of nitrogens with zero attached hydrogens (tertiary/aromatic N) is 1. The molecule has 28 heavy (non-hydrogen) atoms. The summed E-state index contributed by atoms with van der Waals surface area (Å²) in [7, 11) is -3.53. The van der Waals surface area contributed by atoms with Crippen LogP contribution in [0.3, 0.4) is 0 Å². The monoisotopic (exact) mass is 401 g/mol. The summed E-state index contributed by atoms with van der Waals surface area (Å²) in [6, 6.07) is 17.2. The molecule has 1 fully saturated rings. The third kappa shape index (κ3) is 5.02. The molecule has 2 aromatic rings. The Bertz CT molecular complexity index is 834. The number of rotatable bonds is 9. The van der Waals surface area contributed by atoms with Gasteiger partial charge < -0.3 is 4.74 Å². The van der Waals surface area contributed by atoms with Crippen LogP contribution in [-0.4, -0.2) is 31.4 Å². The van der Waals surface area contributed by atoms with Crippen molar-refractivity contribution in [2.75, 3.05) is 6.61 Å². The normalized spacial score (nSPS) is 20.5. The van der Waals surface area contributed by atoms with Gasteiger partial charge in [-0.25, -0.2) is 8.42 Å². The Labute approximate surface area is 169 Å². The van der Waals surface area contributed by atoms with Crippen LogP contribution in [-0.2, 0) is 21.4 Å². The molecule has 2 atom stereocenters. The Balaban J connectivity index is 1.75. The number of aryl methyl sites for hydroxylation is 1. The molecule has 5 heteroatoms. The summed E-state index contributed by atoms with van der Waals surface area (Å²) in [5.41, 5.74) is 2.17. The van der Waals surface area contributed by atoms with Crippen molar-refractivity contribution in [2.24, 2.45) is 0 Å². The minimum Gasteiger partial charge on any atom is -0.375 e. The Morgan fingerprint density at radius 1 is 1.00 bits per heavy atom. The van der Waals surface area contributed by atoms with E-state index in [2.05, 4.69) is 6.92 Å². The SMILES string of the molecule is CCCC[C@@H]1CC[C@@H](COCc2ccccc2)N1S(=O)(=O)c1ccc(C)cc1. The Hall–Kier alpha value is -1.69. The van der Waals surface area contributed by atoms with Crippen LogP contribution in [0.25, 0.3) is 0 Å². The number of hydrogen-bond donors (Lipinski definition) is 0. The largest absolute Gasteiger partial charge is 0.375 e. The van der Waals surface area contributed by atoms with Crippen molar-refractivity contribution in [3.05, 3.63) is 65.7 Å². The molecule has 0 bridgehead atoms. The molecular formula is C23H31NO3S. The third-order valence-electron chi connectivity index (χ3n) is 5.46. The molecular weight excluding hydrogens is 370 g/mol. The maximum atomic E-state index is 13.4. The van der Waals surface area contributed by atoms with Crippen molar-refractivity contribution in [3.63, 3.8) is 0 Å². The van der Waals surface area contributed by atoms with Crippen LogP contribution in [0.4, 0.5) is 0 Å². The van der Waals surface area contributed by atoms with Gasteiger partial charge in [0, 0.05) is 12.1 Å². The van der Waals surface area contributed by atoms with Crippen molar-refractivity contribution in [1.29, 1.82) is 0 Å². The molecule has 1 aliphatic heterocycles. The molecule has 4 nitrogen and oxygen atoms in total. The summed E-state index contributed by atoms with van der Waals surface area (Å²) in [5, 5.41) is 0. The lowest BCUT2D eigenvalue weighted by Gasteiger charge is -2.29. The first-order chi connectivity index (χ1) is 13.5. The average Bonchev–Trinajstić information content (AvgIpc) is 3.11. The zero-order chi connectivity index (χ0) is 20.0. The van der Waals surface area contributed by atoms with Gasteiger partial charge in [-0.05, 0) is 43.9 Å². The second-order valence-corrected chi connectivity index (χ2v) is 9.52. The van der Waals surface area contributed by atoms with Crippen LogP contribution in [0.2, 0.25) is 0 Å². The zero-order valence-corrected chi connectivity index (χ0v) is 17.7. The fourth-order valence-corrected chi connectivity index (χ4v) is 5.80. The zero-order valence-electron chi connectivity index (χ0n) is 16.9. The van der Waals surface area contributed by atoms with Gasteiger partial charge in [0.15, 0.2) is 0 Å². The lowest BCUT2D eigenvalue weighted by atomic mass is 10.1. The van der Waals surface area contributed by atoms with Gasteiger partial charge in [0.25, 0.3) is 0 Å². The summed E-state index contributed by atoms with van der Waals surface area (Å²) in [6.07, 6.45) is 4.79. The van der Waals surface area contributed by atoms with Crippen molar-refractivity contribution < 1.29 is 13.2 Å². The van der Waals surface area contributed by atoms with E-state index in [1.165, 1.54) is 0 Å². The van der Waals surface area contributed by atoms with Gasteiger partial charge in [0.1, 0.15) is 0 Å². The summed E-state index contributed by atoms with van der Waals surface area (Å²) >= 11 is 0. The molecule has 152 valence electrons. The molecule has 2 aromatic carbocycles. The number of benzene rings is 2. The topological polar surface area (TPSA) is 46.6 Å². The Morgan fingerprint density at radius 3 is 2.36 bits per heavy atom. The first-order valence-corrected chi connectivity index (χ1v) is 11.7. The minimum atomic E-state index is -3.53. The van der Waals surface area contributed by atoms with Crippen molar-refractivity contribution in [2.45, 2.75) is 69.5 Å². The first kappa shape index (κ1) is 21.0. The highest BCUT2D eigenvalue weighted by molar-refractivity contribution is 7.89. The molecule has 1 heterocycles. The fourth-order valence-electron chi connectivity index (χ4n) is 3.92. The highest BCUT2D eigenvalue weighted by atomic mass is 32.2. The van der Waals surface area contributed by atoms with E-state index in [-0.39, 0.29) is 12.1 Å². The number of unbranched alkanes of at least 4 members (excludes halogenated alkanes) is 1. The van der Waals surface area contributed by atoms with Gasteiger partial charge in [-0.2, -0.15) is 4.31 Å². The fraction of sp³-hybridized carbons (Fsp3) is 0.478. The summed E-state index contributed by atoms with van der Waals surface area (Å²) in [5.74, 6) is 0. The summed E-state index contributed by atoms with van der Waals surface area (Å²) in [6.45, 7) is 5.06. The van der Waals surface area contributed by atoms with Crippen LogP contribution in [0.5, 0.6) is 0 Å². The molecule has 0 aromatic heterocycles. The average molecular weight is 402 g/mol. The van der Waals surface area contributed by atoms with Gasteiger partial charge in [-0.15, -0.1) is 0 Å². The van der Waals surface area contributed by atoms with Crippen LogP contribution >= 0.6 is 0 Å². The van der Waals surface area contributed by atoms with Gasteiger partial charge in [-0.3, -0.25) is 0 Å². The van der Waals surface area contributed by atoms with Crippen molar-refractivity contribution in [3.8, 4) is 0 Å². The van der Waals surface area contributed by atoms with Crippen LogP contribution < -0.4 is 0 Å². The Morgan fingerprint density at radius 2 is 1.68 bits per heavy atom. The summed E-state index contributed by atoms with van der Waals surface area (Å²) < 4.78 is 34.5. The predicted molar refractivity (Wildman–Crippen MR) is 113 cm³/mol. The molecule has 1 saturated heterocycles. The minimum absolute atomic E-state index is 0.0663. The van der Waals surface area contributed by atoms with E-state index < -0.39 is 10.0 Å². The maximum Gasteiger partial charge on any atom is 0.243 e. The lowest BCUT2D eigenvalue weighted by Crippen LogP contribution is -2.43. The molecule has 0 amide bonds. The molecule has 1 aliphatic rings. The van der Waals surface area contributed by atoms with Gasteiger partial charge in [0.2, 0.25) is 10.0 Å². The van der Waals surface area contributed by atoms with Crippen molar-refractivity contribution >= 4 is 10.0 Å². The first-order valence-electron chi connectivity index (χ1n) is 10.2. The quantitative estimate of drug-likeness (QED) is 0.599. The number of hydrogen-bond acceptors (Lipinski definition) is 3. The number of ether oxygens (including phenoxy) is 1. The van der Waals surface area contributed by atoms with Crippen LogP contribution in [0.1, 0.15) is 50.2 Å². The molecule has 3 rings (SSSR count). The smallest absolute Gasteiger partial charge is 0.243 e. The van der Waals surface area contributed by atoms with Crippen LogP contribution in [0, 0.1) is 6.92 Å². The van der Waals surface area contributed by atoms with E-state index in [9.17, 15) is 8.42 Å². The van der Waals surface area contributed by atoms with E-state index in [0.29, 0.717) is 18.1 Å². The molecule has 0 saturated carbocycles. The van der Waals surface area contributed by atoms with Gasteiger partial charge >= 0.3 is 0 Å². The van der Waals surface area contributed by atoms with E-state index in [1.807, 2.05) is 49.4 Å². The second kappa shape index (κ2) is 9.68. The Kier molecular flexibility index (Phi) is 7.27.